The molecule has 0 saturated heterocycles. The van der Waals surface area contributed by atoms with Crippen LogP contribution in [0.4, 0.5) is 0 Å². The maximum Gasteiger partial charge on any atom is -0.00703 e. The molecular formula is C18H14. The van der Waals surface area contributed by atoms with Gasteiger partial charge in [-0.1, -0.05) is 36.4 Å². The van der Waals surface area contributed by atoms with Crippen LogP contribution in [0.15, 0.2) is 36.4 Å². The maximum atomic E-state index is 2.45. The van der Waals surface area contributed by atoms with Gasteiger partial charge in [-0.25, -0.2) is 0 Å². The van der Waals surface area contributed by atoms with E-state index in [2.05, 4.69) is 36.4 Å². The van der Waals surface area contributed by atoms with Gasteiger partial charge < -0.3 is 0 Å². The predicted octanol–water partition coefficient (Wildman–Crippen LogP) is 4.19. The van der Waals surface area contributed by atoms with Gasteiger partial charge in [-0.3, -0.25) is 0 Å². The lowest BCUT2D eigenvalue weighted by Gasteiger charge is -2.24. The zero-order valence-electron chi connectivity index (χ0n) is 10.3. The van der Waals surface area contributed by atoms with Crippen molar-refractivity contribution in [2.75, 3.05) is 0 Å². The van der Waals surface area contributed by atoms with E-state index in [9.17, 15) is 0 Å². The molecule has 0 heteroatoms. The van der Waals surface area contributed by atoms with Crippen LogP contribution in [-0.4, -0.2) is 0 Å². The van der Waals surface area contributed by atoms with E-state index in [1.54, 1.807) is 22.3 Å². The molecule has 3 aromatic carbocycles. The molecule has 0 atom stereocenters. The van der Waals surface area contributed by atoms with Gasteiger partial charge in [-0.2, -0.15) is 0 Å². The van der Waals surface area contributed by atoms with E-state index in [0.29, 0.717) is 0 Å². The normalized spacial score (nSPS) is 16.0. The molecule has 0 fully saturated rings. The van der Waals surface area contributed by atoms with Crippen LogP contribution in [-0.2, 0) is 25.7 Å². The number of hydrogen-bond donors (Lipinski definition) is 0. The van der Waals surface area contributed by atoms with Crippen molar-refractivity contribution in [2.24, 2.45) is 0 Å². The average molecular weight is 230 g/mol. The van der Waals surface area contributed by atoms with Gasteiger partial charge in [0.2, 0.25) is 0 Å². The van der Waals surface area contributed by atoms with E-state index in [-0.39, 0.29) is 0 Å². The summed E-state index contributed by atoms with van der Waals surface area (Å²) in [6.07, 6.45) is 5.09. The highest BCUT2D eigenvalue weighted by molar-refractivity contribution is 6.10. The topological polar surface area (TPSA) is 0 Å². The summed E-state index contributed by atoms with van der Waals surface area (Å²) in [6.45, 7) is 0. The summed E-state index contributed by atoms with van der Waals surface area (Å²) < 4.78 is 0. The second-order valence-corrected chi connectivity index (χ2v) is 5.71. The summed E-state index contributed by atoms with van der Waals surface area (Å²) in [5.74, 6) is 0. The molecule has 0 amide bonds. The van der Waals surface area contributed by atoms with Gasteiger partial charge in [-0.15, -0.1) is 0 Å². The van der Waals surface area contributed by atoms with Gasteiger partial charge in [0.15, 0.2) is 0 Å². The quantitative estimate of drug-likeness (QED) is 0.508. The summed E-state index contributed by atoms with van der Waals surface area (Å²) in [6, 6.07) is 14.1. The van der Waals surface area contributed by atoms with Crippen LogP contribution >= 0.6 is 0 Å². The van der Waals surface area contributed by atoms with Crippen LogP contribution in [0.2, 0.25) is 0 Å². The molecule has 0 saturated carbocycles. The van der Waals surface area contributed by atoms with Crippen LogP contribution in [0.1, 0.15) is 22.3 Å². The molecule has 0 nitrogen and oxygen atoms in total. The SMILES string of the molecule is c1cc2ccc3cc4c(cc3c2c2c1CC2)CC4. The van der Waals surface area contributed by atoms with Crippen molar-refractivity contribution < 1.29 is 0 Å². The molecular weight excluding hydrogens is 216 g/mol. The lowest BCUT2D eigenvalue weighted by molar-refractivity contribution is 0.843. The highest BCUT2D eigenvalue weighted by atomic mass is 14.2. The van der Waals surface area contributed by atoms with Crippen molar-refractivity contribution in [3.63, 3.8) is 0 Å². The number of rotatable bonds is 0. The Labute approximate surface area is 106 Å². The molecule has 0 bridgehead atoms. The van der Waals surface area contributed by atoms with Crippen molar-refractivity contribution >= 4 is 21.5 Å². The molecule has 0 radical (unpaired) electrons. The maximum absolute atomic E-state index is 2.45. The zero-order valence-corrected chi connectivity index (χ0v) is 10.3. The molecule has 0 unspecified atom stereocenters. The Hall–Kier alpha value is -1.82. The smallest absolute Gasteiger partial charge is 0.00703 e. The Bertz CT molecular complexity index is 824. The summed E-state index contributed by atoms with van der Waals surface area (Å²) in [4.78, 5) is 0. The van der Waals surface area contributed by atoms with Gasteiger partial charge in [-0.05, 0) is 69.5 Å². The minimum atomic E-state index is 1.27. The second kappa shape index (κ2) is 2.95. The fraction of sp³-hybridized carbons (Fsp3) is 0.222. The number of benzene rings is 3. The summed E-state index contributed by atoms with van der Waals surface area (Å²) >= 11 is 0. The largest absolute Gasteiger partial charge is 0.0581 e. The van der Waals surface area contributed by atoms with Gasteiger partial charge in [0.05, 0.1) is 0 Å². The van der Waals surface area contributed by atoms with Crippen LogP contribution in [0.25, 0.3) is 21.5 Å². The Balaban J connectivity index is 2.04. The summed E-state index contributed by atoms with van der Waals surface area (Å²) in [7, 11) is 0. The number of hydrogen-bond acceptors (Lipinski definition) is 0. The third kappa shape index (κ3) is 0.978. The van der Waals surface area contributed by atoms with Crippen molar-refractivity contribution in [1.82, 2.24) is 0 Å². The second-order valence-electron chi connectivity index (χ2n) is 5.71. The molecule has 5 rings (SSSR count). The van der Waals surface area contributed by atoms with E-state index >= 15 is 0 Å². The molecule has 0 aliphatic heterocycles. The van der Waals surface area contributed by atoms with Crippen LogP contribution in [0.3, 0.4) is 0 Å². The van der Waals surface area contributed by atoms with Gasteiger partial charge in [0.25, 0.3) is 0 Å². The Morgan fingerprint density at radius 2 is 1.33 bits per heavy atom. The molecule has 18 heavy (non-hydrogen) atoms. The number of aryl methyl sites for hydroxylation is 4. The zero-order chi connectivity index (χ0) is 11.7. The predicted molar refractivity (Wildman–Crippen MR) is 76.3 cm³/mol. The molecule has 3 aromatic rings. The van der Waals surface area contributed by atoms with Gasteiger partial charge >= 0.3 is 0 Å². The van der Waals surface area contributed by atoms with Crippen molar-refractivity contribution in [3.05, 3.63) is 58.7 Å². The monoisotopic (exact) mass is 230 g/mol. The molecule has 2 aliphatic carbocycles. The molecule has 2 aliphatic rings. The van der Waals surface area contributed by atoms with Crippen LogP contribution in [0, 0.1) is 0 Å². The Kier molecular flexibility index (Phi) is 1.50. The first-order valence-corrected chi connectivity index (χ1v) is 6.89. The van der Waals surface area contributed by atoms with Crippen molar-refractivity contribution in [1.29, 1.82) is 0 Å². The summed E-state index contributed by atoms with van der Waals surface area (Å²) in [5, 5.41) is 5.87. The molecule has 0 aromatic heterocycles. The third-order valence-electron chi connectivity index (χ3n) is 4.83. The lowest BCUT2D eigenvalue weighted by atomic mass is 9.80. The van der Waals surface area contributed by atoms with Gasteiger partial charge in [0, 0.05) is 0 Å². The van der Waals surface area contributed by atoms with Crippen LogP contribution in [0.5, 0.6) is 0 Å². The fourth-order valence-corrected chi connectivity index (χ4v) is 3.57. The van der Waals surface area contributed by atoms with E-state index in [4.69, 9.17) is 0 Å². The molecule has 0 N–H and O–H groups in total. The van der Waals surface area contributed by atoms with Gasteiger partial charge in [0.1, 0.15) is 0 Å². The summed E-state index contributed by atoms with van der Waals surface area (Å²) in [5.41, 5.74) is 6.32. The van der Waals surface area contributed by atoms with E-state index in [1.807, 2.05) is 0 Å². The molecule has 0 spiro atoms. The number of fused-ring (bicyclic) bond motifs is 6. The highest BCUT2D eigenvalue weighted by Gasteiger charge is 2.19. The molecule has 0 heterocycles. The Morgan fingerprint density at radius 3 is 2.11 bits per heavy atom. The minimum Gasteiger partial charge on any atom is -0.0581 e. The van der Waals surface area contributed by atoms with E-state index in [0.717, 1.165) is 0 Å². The highest BCUT2D eigenvalue weighted by Crippen LogP contribution is 2.38. The minimum absolute atomic E-state index is 1.27. The fourth-order valence-electron chi connectivity index (χ4n) is 3.57. The molecule has 86 valence electrons. The standard InChI is InChI=1S/C18H14/c1-2-12-3-6-15-9-13-4-5-14(13)10-17(15)18(12)16-8-7-11(1)16/h1-3,6,9-10H,4-5,7-8H2. The third-order valence-corrected chi connectivity index (χ3v) is 4.83. The lowest BCUT2D eigenvalue weighted by Crippen LogP contribution is -2.10. The first kappa shape index (κ1) is 9.16. The van der Waals surface area contributed by atoms with E-state index < -0.39 is 0 Å². The first-order valence-electron chi connectivity index (χ1n) is 6.89. The van der Waals surface area contributed by atoms with Crippen molar-refractivity contribution in [2.45, 2.75) is 25.7 Å². The average Bonchev–Trinajstić information content (AvgIpc) is 2.32. The van der Waals surface area contributed by atoms with E-state index in [1.165, 1.54) is 47.2 Å². The van der Waals surface area contributed by atoms with Crippen molar-refractivity contribution in [3.8, 4) is 0 Å². The first-order chi connectivity index (χ1) is 8.90. The Morgan fingerprint density at radius 1 is 0.611 bits per heavy atom. The van der Waals surface area contributed by atoms with Crippen LogP contribution < -0.4 is 0 Å².